The van der Waals surface area contributed by atoms with Gasteiger partial charge in [-0.15, -0.1) is 0 Å². The molecule has 0 aliphatic carbocycles. The Balaban J connectivity index is 2.57. The smallest absolute Gasteiger partial charge is 0.163 e. The molecule has 0 radical (unpaired) electrons. The van der Waals surface area contributed by atoms with Crippen LogP contribution in [0.2, 0.25) is 0 Å². The van der Waals surface area contributed by atoms with Gasteiger partial charge in [0.05, 0.1) is 0 Å². The van der Waals surface area contributed by atoms with E-state index in [2.05, 4.69) is 39.8 Å². The number of carbonyl (C=O) groups is 1. The lowest BCUT2D eigenvalue weighted by Crippen LogP contribution is -2.13. The molecule has 0 spiro atoms. The van der Waals surface area contributed by atoms with Crippen molar-refractivity contribution in [3.05, 3.63) is 35.4 Å². The second-order valence-corrected chi connectivity index (χ2v) is 6.31. The monoisotopic (exact) mass is 246 g/mol. The summed E-state index contributed by atoms with van der Waals surface area (Å²) in [5, 5.41) is 0. The minimum Gasteiger partial charge on any atom is -0.294 e. The van der Waals surface area contributed by atoms with Gasteiger partial charge in [-0.1, -0.05) is 64.8 Å². The molecule has 1 aromatic rings. The summed E-state index contributed by atoms with van der Waals surface area (Å²) in [6.45, 7) is 8.52. The zero-order valence-electron chi connectivity index (χ0n) is 12.3. The number of hydrogen-bond acceptors (Lipinski definition) is 1. The molecule has 0 saturated heterocycles. The average molecular weight is 246 g/mol. The Morgan fingerprint density at radius 1 is 1.06 bits per heavy atom. The van der Waals surface area contributed by atoms with Gasteiger partial charge in [-0.05, 0) is 23.8 Å². The molecule has 1 rings (SSSR count). The summed E-state index contributed by atoms with van der Waals surface area (Å²) in [5.74, 6) is 0.252. The zero-order chi connectivity index (χ0) is 13.6. The van der Waals surface area contributed by atoms with Crippen molar-refractivity contribution in [3.8, 4) is 0 Å². The van der Waals surface area contributed by atoms with Crippen molar-refractivity contribution in [2.24, 2.45) is 5.41 Å². The van der Waals surface area contributed by atoms with Gasteiger partial charge in [-0.3, -0.25) is 4.79 Å². The van der Waals surface area contributed by atoms with Crippen LogP contribution in [0, 0.1) is 5.41 Å². The van der Waals surface area contributed by atoms with Gasteiger partial charge in [-0.25, -0.2) is 0 Å². The summed E-state index contributed by atoms with van der Waals surface area (Å²) in [5.41, 5.74) is 2.26. The minimum absolute atomic E-state index is 0.0663. The van der Waals surface area contributed by atoms with Crippen LogP contribution in [0.25, 0.3) is 0 Å². The topological polar surface area (TPSA) is 17.1 Å². The maximum Gasteiger partial charge on any atom is 0.163 e. The molecule has 1 aromatic carbocycles. The van der Waals surface area contributed by atoms with E-state index in [4.69, 9.17) is 0 Å². The molecule has 0 unspecified atom stereocenters. The zero-order valence-corrected chi connectivity index (χ0v) is 12.3. The summed E-state index contributed by atoms with van der Waals surface area (Å²) in [7, 11) is 0. The van der Waals surface area contributed by atoms with Crippen molar-refractivity contribution in [1.82, 2.24) is 0 Å². The van der Waals surface area contributed by atoms with Crippen molar-refractivity contribution in [2.75, 3.05) is 0 Å². The fourth-order valence-electron chi connectivity index (χ4n) is 2.02. The number of aryl methyl sites for hydroxylation is 1. The number of unbranched alkanes of at least 4 members (excludes halogenated alkanes) is 2. The Kier molecular flexibility index (Phi) is 5.58. The Bertz CT molecular complexity index is 368. The van der Waals surface area contributed by atoms with Gasteiger partial charge in [0.15, 0.2) is 5.78 Å². The molecule has 0 aliphatic rings. The van der Waals surface area contributed by atoms with E-state index in [-0.39, 0.29) is 11.2 Å². The third-order valence-corrected chi connectivity index (χ3v) is 3.04. The van der Waals surface area contributed by atoms with Crippen molar-refractivity contribution < 1.29 is 4.79 Å². The third-order valence-electron chi connectivity index (χ3n) is 3.04. The first-order valence-corrected chi connectivity index (χ1v) is 7.04. The first kappa shape index (κ1) is 14.9. The van der Waals surface area contributed by atoms with E-state index < -0.39 is 0 Å². The second kappa shape index (κ2) is 6.72. The van der Waals surface area contributed by atoms with Gasteiger partial charge in [0.25, 0.3) is 0 Å². The maximum atomic E-state index is 12.0. The molecule has 0 aromatic heterocycles. The molecule has 0 fully saturated rings. The molecular formula is C17H26O. The Morgan fingerprint density at radius 2 is 1.67 bits per heavy atom. The van der Waals surface area contributed by atoms with E-state index in [0.717, 1.165) is 12.0 Å². The largest absolute Gasteiger partial charge is 0.294 e. The van der Waals surface area contributed by atoms with E-state index in [0.29, 0.717) is 6.42 Å². The standard InChI is InChI=1S/C17H26O/c1-5-6-7-8-14-9-11-15(12-10-14)16(18)13-17(2,3)4/h9-12H,5-8,13H2,1-4H3. The van der Waals surface area contributed by atoms with E-state index in [1.54, 1.807) is 0 Å². The highest BCUT2D eigenvalue weighted by atomic mass is 16.1. The molecule has 0 atom stereocenters. The number of Topliss-reactive ketones (excluding diaryl/α,β-unsaturated/α-hetero) is 1. The van der Waals surface area contributed by atoms with E-state index in [9.17, 15) is 4.79 Å². The number of carbonyl (C=O) groups excluding carboxylic acids is 1. The molecule has 0 N–H and O–H groups in total. The average Bonchev–Trinajstić information content (AvgIpc) is 2.28. The van der Waals surface area contributed by atoms with Gasteiger partial charge in [0.1, 0.15) is 0 Å². The van der Waals surface area contributed by atoms with Gasteiger partial charge >= 0.3 is 0 Å². The highest BCUT2D eigenvalue weighted by Crippen LogP contribution is 2.21. The highest BCUT2D eigenvalue weighted by molar-refractivity contribution is 5.96. The van der Waals surface area contributed by atoms with Crippen LogP contribution in [0.5, 0.6) is 0 Å². The van der Waals surface area contributed by atoms with Crippen LogP contribution in [0.1, 0.15) is 69.3 Å². The Hall–Kier alpha value is -1.11. The fraction of sp³-hybridized carbons (Fsp3) is 0.588. The minimum atomic E-state index is 0.0663. The predicted octanol–water partition coefficient (Wildman–Crippen LogP) is 5.04. The molecule has 0 heterocycles. The van der Waals surface area contributed by atoms with E-state index in [1.165, 1.54) is 24.8 Å². The normalized spacial score (nSPS) is 11.6. The first-order chi connectivity index (χ1) is 8.42. The van der Waals surface area contributed by atoms with Crippen molar-refractivity contribution in [3.63, 3.8) is 0 Å². The van der Waals surface area contributed by atoms with Gasteiger partial charge < -0.3 is 0 Å². The van der Waals surface area contributed by atoms with Gasteiger partial charge in [-0.2, -0.15) is 0 Å². The first-order valence-electron chi connectivity index (χ1n) is 7.04. The molecule has 0 bridgehead atoms. The quantitative estimate of drug-likeness (QED) is 0.507. The molecular weight excluding hydrogens is 220 g/mol. The molecule has 0 amide bonds. The summed E-state index contributed by atoms with van der Waals surface area (Å²) < 4.78 is 0. The van der Waals surface area contributed by atoms with Crippen LogP contribution >= 0.6 is 0 Å². The molecule has 100 valence electrons. The van der Waals surface area contributed by atoms with Crippen LogP contribution in [0.4, 0.5) is 0 Å². The fourth-order valence-corrected chi connectivity index (χ4v) is 2.02. The number of ketones is 1. The number of hydrogen-bond donors (Lipinski definition) is 0. The summed E-state index contributed by atoms with van der Waals surface area (Å²) in [4.78, 5) is 12.0. The molecule has 0 saturated carbocycles. The second-order valence-electron chi connectivity index (χ2n) is 6.31. The number of benzene rings is 1. The maximum absolute atomic E-state index is 12.0. The lowest BCUT2D eigenvalue weighted by Gasteiger charge is -2.16. The van der Waals surface area contributed by atoms with Gasteiger partial charge in [0, 0.05) is 12.0 Å². The van der Waals surface area contributed by atoms with Gasteiger partial charge in [0.2, 0.25) is 0 Å². The van der Waals surface area contributed by atoms with E-state index in [1.807, 2.05) is 12.1 Å². The van der Waals surface area contributed by atoms with Crippen LogP contribution in [-0.4, -0.2) is 5.78 Å². The van der Waals surface area contributed by atoms with Crippen LogP contribution in [-0.2, 0) is 6.42 Å². The molecule has 0 aliphatic heterocycles. The van der Waals surface area contributed by atoms with E-state index >= 15 is 0 Å². The summed E-state index contributed by atoms with van der Waals surface area (Å²) in [6.07, 6.45) is 5.52. The number of rotatable bonds is 6. The molecule has 18 heavy (non-hydrogen) atoms. The molecule has 1 heteroatoms. The van der Waals surface area contributed by atoms with Crippen molar-refractivity contribution in [1.29, 1.82) is 0 Å². The summed E-state index contributed by atoms with van der Waals surface area (Å²) in [6, 6.07) is 8.17. The van der Waals surface area contributed by atoms with Crippen LogP contribution in [0.15, 0.2) is 24.3 Å². The highest BCUT2D eigenvalue weighted by Gasteiger charge is 2.16. The summed E-state index contributed by atoms with van der Waals surface area (Å²) >= 11 is 0. The van der Waals surface area contributed by atoms with Crippen molar-refractivity contribution >= 4 is 5.78 Å². The lowest BCUT2D eigenvalue weighted by molar-refractivity contribution is 0.0940. The van der Waals surface area contributed by atoms with Crippen molar-refractivity contribution in [2.45, 2.75) is 59.8 Å². The van der Waals surface area contributed by atoms with Crippen LogP contribution in [0.3, 0.4) is 0 Å². The Morgan fingerprint density at radius 3 is 2.17 bits per heavy atom. The van der Waals surface area contributed by atoms with Crippen LogP contribution < -0.4 is 0 Å². The Labute approximate surface area is 112 Å². The third kappa shape index (κ3) is 5.48. The SMILES string of the molecule is CCCCCc1ccc(C(=O)CC(C)(C)C)cc1. The lowest BCUT2D eigenvalue weighted by atomic mass is 9.87. The molecule has 1 nitrogen and oxygen atoms in total. The predicted molar refractivity (Wildman–Crippen MR) is 78.1 cm³/mol.